The van der Waals surface area contributed by atoms with Gasteiger partial charge in [-0.2, -0.15) is 0 Å². The predicted molar refractivity (Wildman–Crippen MR) is 54.3 cm³/mol. The summed E-state index contributed by atoms with van der Waals surface area (Å²) in [5.41, 5.74) is 0. The number of carbonyl (C=O) groups is 1. The smallest absolute Gasteiger partial charge is 0.434 e. The Morgan fingerprint density at radius 2 is 1.92 bits per heavy atom. The molecule has 3 nitrogen and oxygen atoms in total. The second-order valence-electron chi connectivity index (χ2n) is 3.16. The first-order chi connectivity index (χ1) is 5.66. The van der Waals surface area contributed by atoms with Crippen LogP contribution in [0.1, 0.15) is 33.6 Å². The minimum absolute atomic E-state index is 0. The molecule has 0 rings (SSSR count). The van der Waals surface area contributed by atoms with Crippen LogP contribution in [0.2, 0.25) is 0 Å². The molecule has 0 aliphatic rings. The summed E-state index contributed by atoms with van der Waals surface area (Å²) >= 11 is 0. The molecule has 0 radical (unpaired) electrons. The Morgan fingerprint density at radius 3 is 2.38 bits per heavy atom. The second kappa shape index (κ2) is 9.65. The first-order valence-corrected chi connectivity index (χ1v) is 4.46. The normalized spacial score (nSPS) is 9.23. The van der Waals surface area contributed by atoms with Gasteiger partial charge >= 0.3 is 6.16 Å². The van der Waals surface area contributed by atoms with E-state index in [0.29, 0.717) is 19.1 Å². The summed E-state index contributed by atoms with van der Waals surface area (Å²) in [7, 11) is 0. The van der Waals surface area contributed by atoms with E-state index in [1.807, 2.05) is 20.8 Å². The quantitative estimate of drug-likeness (QED) is 0.517. The molecule has 0 spiro atoms. The largest absolute Gasteiger partial charge is 0.508 e. The van der Waals surface area contributed by atoms with Crippen molar-refractivity contribution in [3.8, 4) is 0 Å². The third-order valence-corrected chi connectivity index (χ3v) is 1.25. The van der Waals surface area contributed by atoms with Crippen LogP contribution >= 0.6 is 12.4 Å². The van der Waals surface area contributed by atoms with E-state index >= 15 is 0 Å². The van der Waals surface area contributed by atoms with Gasteiger partial charge in [-0.25, -0.2) is 4.79 Å². The Morgan fingerprint density at radius 1 is 1.31 bits per heavy atom. The number of unbranched alkanes of at least 4 members (excludes halogenated alkanes) is 1. The summed E-state index contributed by atoms with van der Waals surface area (Å²) < 4.78 is 9.56. The van der Waals surface area contributed by atoms with E-state index in [4.69, 9.17) is 9.47 Å². The number of hydrogen-bond acceptors (Lipinski definition) is 3. The molecule has 0 atom stereocenters. The topological polar surface area (TPSA) is 35.5 Å². The molecule has 4 heteroatoms. The van der Waals surface area contributed by atoms with Crippen LogP contribution in [0.25, 0.3) is 0 Å². The van der Waals surface area contributed by atoms with Crippen LogP contribution in [0.4, 0.5) is 4.79 Å². The van der Waals surface area contributed by atoms with Crippen LogP contribution in [0.3, 0.4) is 0 Å². The van der Waals surface area contributed by atoms with Gasteiger partial charge in [-0.15, -0.1) is 12.4 Å². The lowest BCUT2D eigenvalue weighted by molar-refractivity contribution is 0.0468. The first-order valence-electron chi connectivity index (χ1n) is 4.46. The molecule has 0 aromatic carbocycles. The number of rotatable bonds is 5. The average Bonchev–Trinajstić information content (AvgIpc) is 2.01. The molecule has 80 valence electrons. The second-order valence-corrected chi connectivity index (χ2v) is 3.16. The summed E-state index contributed by atoms with van der Waals surface area (Å²) in [6, 6.07) is 0. The molecular formula is C9H19ClO3. The number of hydrogen-bond donors (Lipinski definition) is 0. The highest BCUT2D eigenvalue weighted by atomic mass is 35.5. The Bertz CT molecular complexity index is 126. The highest BCUT2D eigenvalue weighted by molar-refractivity contribution is 5.85. The van der Waals surface area contributed by atoms with E-state index in [-0.39, 0.29) is 12.4 Å². The van der Waals surface area contributed by atoms with Crippen LogP contribution < -0.4 is 0 Å². The molecule has 0 N–H and O–H groups in total. The van der Waals surface area contributed by atoms with E-state index in [2.05, 4.69) is 0 Å². The Hall–Kier alpha value is -0.440. The lowest BCUT2D eigenvalue weighted by Gasteiger charge is -2.06. The Labute approximate surface area is 86.2 Å². The van der Waals surface area contributed by atoms with Crippen molar-refractivity contribution in [2.24, 2.45) is 5.92 Å². The maximum absolute atomic E-state index is 10.8. The van der Waals surface area contributed by atoms with Gasteiger partial charge in [0.2, 0.25) is 0 Å². The van der Waals surface area contributed by atoms with Gasteiger partial charge in [0.05, 0.1) is 13.2 Å². The Balaban J connectivity index is 0. The summed E-state index contributed by atoms with van der Waals surface area (Å²) in [6.07, 6.45) is 1.38. The van der Waals surface area contributed by atoms with Crippen molar-refractivity contribution in [2.75, 3.05) is 13.2 Å². The van der Waals surface area contributed by atoms with Gasteiger partial charge in [0.1, 0.15) is 0 Å². The molecule has 0 saturated carbocycles. The van der Waals surface area contributed by atoms with Gasteiger partial charge in [-0.1, -0.05) is 27.2 Å². The highest BCUT2D eigenvalue weighted by Crippen LogP contribution is 1.96. The predicted octanol–water partition coefficient (Wildman–Crippen LogP) is 3.02. The summed E-state index contributed by atoms with van der Waals surface area (Å²) in [4.78, 5) is 10.8. The minimum atomic E-state index is -0.544. The van der Waals surface area contributed by atoms with Gasteiger partial charge < -0.3 is 9.47 Å². The van der Waals surface area contributed by atoms with Crippen molar-refractivity contribution in [2.45, 2.75) is 33.6 Å². The minimum Gasteiger partial charge on any atom is -0.434 e. The SMILES string of the molecule is CCCCOC(=O)OCC(C)C.Cl. The molecular weight excluding hydrogens is 192 g/mol. The van der Waals surface area contributed by atoms with Crippen molar-refractivity contribution in [3.63, 3.8) is 0 Å². The van der Waals surface area contributed by atoms with Crippen LogP contribution in [0.15, 0.2) is 0 Å². The van der Waals surface area contributed by atoms with Crippen LogP contribution in [-0.2, 0) is 9.47 Å². The van der Waals surface area contributed by atoms with Gasteiger partial charge in [0, 0.05) is 0 Å². The molecule has 0 amide bonds. The standard InChI is InChI=1S/C9H18O3.ClH/c1-4-5-6-11-9(10)12-7-8(2)3;/h8H,4-7H2,1-3H3;1H. The number of halogens is 1. The third kappa shape index (κ3) is 11.6. The highest BCUT2D eigenvalue weighted by Gasteiger charge is 2.03. The van der Waals surface area contributed by atoms with Gasteiger partial charge in [-0.05, 0) is 12.3 Å². The van der Waals surface area contributed by atoms with Crippen molar-refractivity contribution < 1.29 is 14.3 Å². The van der Waals surface area contributed by atoms with Crippen LogP contribution in [-0.4, -0.2) is 19.4 Å². The van der Waals surface area contributed by atoms with Crippen molar-refractivity contribution in [1.82, 2.24) is 0 Å². The maximum Gasteiger partial charge on any atom is 0.508 e. The molecule has 0 aromatic heterocycles. The lowest BCUT2D eigenvalue weighted by atomic mass is 10.2. The van der Waals surface area contributed by atoms with Crippen LogP contribution in [0.5, 0.6) is 0 Å². The zero-order chi connectivity index (χ0) is 9.40. The molecule has 0 saturated heterocycles. The van der Waals surface area contributed by atoms with Gasteiger partial charge in [-0.3, -0.25) is 0 Å². The average molecular weight is 211 g/mol. The number of ether oxygens (including phenoxy) is 2. The zero-order valence-corrected chi connectivity index (χ0v) is 9.36. The Kier molecular flexibility index (Phi) is 11.2. The fourth-order valence-electron chi connectivity index (χ4n) is 0.576. The fraction of sp³-hybridized carbons (Fsp3) is 0.889. The molecule has 13 heavy (non-hydrogen) atoms. The van der Waals surface area contributed by atoms with Gasteiger partial charge in [0.25, 0.3) is 0 Å². The molecule has 0 aliphatic heterocycles. The molecule has 0 aromatic rings. The third-order valence-electron chi connectivity index (χ3n) is 1.25. The monoisotopic (exact) mass is 210 g/mol. The molecule has 0 heterocycles. The summed E-state index contributed by atoms with van der Waals surface area (Å²) in [5, 5.41) is 0. The van der Waals surface area contributed by atoms with E-state index in [1.165, 1.54) is 0 Å². The van der Waals surface area contributed by atoms with Crippen molar-refractivity contribution in [1.29, 1.82) is 0 Å². The van der Waals surface area contributed by atoms with Crippen LogP contribution in [0, 0.1) is 5.92 Å². The zero-order valence-electron chi connectivity index (χ0n) is 8.54. The number of carbonyl (C=O) groups excluding carboxylic acids is 1. The van der Waals surface area contributed by atoms with Crippen molar-refractivity contribution in [3.05, 3.63) is 0 Å². The van der Waals surface area contributed by atoms with E-state index in [1.54, 1.807) is 0 Å². The summed E-state index contributed by atoms with van der Waals surface area (Å²) in [6.45, 7) is 6.92. The first kappa shape index (κ1) is 15.1. The maximum atomic E-state index is 10.8. The molecule has 0 aliphatic carbocycles. The summed E-state index contributed by atoms with van der Waals surface area (Å²) in [5.74, 6) is 0.365. The van der Waals surface area contributed by atoms with E-state index in [0.717, 1.165) is 12.8 Å². The van der Waals surface area contributed by atoms with Gasteiger partial charge in [0.15, 0.2) is 0 Å². The van der Waals surface area contributed by atoms with Crippen molar-refractivity contribution >= 4 is 18.6 Å². The lowest BCUT2D eigenvalue weighted by Crippen LogP contribution is -2.12. The molecule has 0 fully saturated rings. The van der Waals surface area contributed by atoms with E-state index in [9.17, 15) is 4.79 Å². The van der Waals surface area contributed by atoms with E-state index < -0.39 is 6.16 Å². The molecule has 0 unspecified atom stereocenters. The molecule has 0 bridgehead atoms. The fourth-order valence-corrected chi connectivity index (χ4v) is 0.576.